The summed E-state index contributed by atoms with van der Waals surface area (Å²) in [4.78, 5) is 27.6. The largest absolute Gasteiger partial charge is 0.330 e. The molecule has 0 unspecified atom stereocenters. The van der Waals surface area contributed by atoms with E-state index in [1.54, 1.807) is 4.90 Å². The van der Waals surface area contributed by atoms with Crippen LogP contribution in [-0.2, 0) is 19.6 Å². The smallest absolute Gasteiger partial charge is 0.246 e. The number of rotatable bonds is 4. The minimum Gasteiger partial charge on any atom is -0.330 e. The summed E-state index contributed by atoms with van der Waals surface area (Å²) in [5.74, 6) is -0.577. The number of nitrogens with zero attached hydrogens (tertiary/aromatic N) is 2. The lowest BCUT2D eigenvalue weighted by Gasteiger charge is -2.35. The molecule has 8 heteroatoms. The molecule has 0 radical (unpaired) electrons. The minimum absolute atomic E-state index is 0.0531. The minimum atomic E-state index is -3.47. The fourth-order valence-electron chi connectivity index (χ4n) is 2.50. The number of hydrogen-bond donors (Lipinski definition) is 1. The molecular formula is C15H21N3O4S. The van der Waals surface area contributed by atoms with E-state index < -0.39 is 22.0 Å². The molecule has 1 fully saturated rings. The third kappa shape index (κ3) is 4.52. The van der Waals surface area contributed by atoms with Gasteiger partial charge in [-0.25, -0.2) is 13.1 Å². The molecule has 0 saturated carbocycles. The van der Waals surface area contributed by atoms with Crippen molar-refractivity contribution in [1.29, 1.82) is 0 Å². The van der Waals surface area contributed by atoms with Crippen LogP contribution in [0.5, 0.6) is 0 Å². The van der Waals surface area contributed by atoms with Crippen molar-refractivity contribution in [2.75, 3.05) is 30.8 Å². The number of carbonyl (C=O) groups is 2. The van der Waals surface area contributed by atoms with Gasteiger partial charge in [-0.3, -0.25) is 9.59 Å². The summed E-state index contributed by atoms with van der Waals surface area (Å²) >= 11 is 0. The summed E-state index contributed by atoms with van der Waals surface area (Å²) in [6, 6.07) is 6.72. The van der Waals surface area contributed by atoms with Gasteiger partial charge in [0.1, 0.15) is 6.54 Å². The number of benzene rings is 1. The molecule has 1 aliphatic rings. The van der Waals surface area contributed by atoms with E-state index in [1.807, 2.05) is 31.2 Å². The highest BCUT2D eigenvalue weighted by atomic mass is 32.2. The third-order valence-electron chi connectivity index (χ3n) is 3.64. The molecule has 1 aromatic carbocycles. The van der Waals surface area contributed by atoms with E-state index in [1.165, 1.54) is 11.8 Å². The third-order valence-corrected chi connectivity index (χ3v) is 4.42. The van der Waals surface area contributed by atoms with Crippen LogP contribution < -0.4 is 9.62 Å². The van der Waals surface area contributed by atoms with Gasteiger partial charge in [-0.1, -0.05) is 17.7 Å². The normalized spacial score (nSPS) is 17.3. The van der Waals surface area contributed by atoms with Crippen LogP contribution in [-0.4, -0.2) is 57.1 Å². The summed E-state index contributed by atoms with van der Waals surface area (Å²) in [6.45, 7) is 4.15. The number of sulfonamides is 1. The van der Waals surface area contributed by atoms with Crippen LogP contribution in [0.4, 0.5) is 5.69 Å². The summed E-state index contributed by atoms with van der Waals surface area (Å²) in [5, 5.41) is 0. The molecule has 0 aromatic heterocycles. The highest BCUT2D eigenvalue weighted by molar-refractivity contribution is 7.88. The Bertz CT molecular complexity index is 700. The lowest BCUT2D eigenvalue weighted by molar-refractivity contribution is -0.137. The van der Waals surface area contributed by atoms with Crippen molar-refractivity contribution in [3.8, 4) is 0 Å². The van der Waals surface area contributed by atoms with Crippen molar-refractivity contribution in [2.45, 2.75) is 19.9 Å². The first-order valence-corrected chi connectivity index (χ1v) is 9.19. The monoisotopic (exact) mass is 339 g/mol. The quantitative estimate of drug-likeness (QED) is 0.843. The SMILES string of the molecule is Cc1ccc(N2CCN(C(=O)[C@H](C)NS(C)(=O)=O)CC2=O)cc1. The molecule has 7 nitrogen and oxygen atoms in total. The molecule has 1 aliphatic heterocycles. The van der Waals surface area contributed by atoms with Gasteiger partial charge in [-0.05, 0) is 26.0 Å². The van der Waals surface area contributed by atoms with Crippen molar-refractivity contribution in [3.05, 3.63) is 29.8 Å². The Morgan fingerprint density at radius 3 is 2.35 bits per heavy atom. The van der Waals surface area contributed by atoms with Gasteiger partial charge in [-0.15, -0.1) is 0 Å². The number of anilines is 1. The van der Waals surface area contributed by atoms with Crippen LogP contribution >= 0.6 is 0 Å². The maximum Gasteiger partial charge on any atom is 0.246 e. The van der Waals surface area contributed by atoms with E-state index in [-0.39, 0.29) is 12.5 Å². The van der Waals surface area contributed by atoms with Crippen LogP contribution in [0.2, 0.25) is 0 Å². The Morgan fingerprint density at radius 2 is 1.83 bits per heavy atom. The molecule has 23 heavy (non-hydrogen) atoms. The first-order valence-electron chi connectivity index (χ1n) is 7.30. The number of hydrogen-bond acceptors (Lipinski definition) is 4. The van der Waals surface area contributed by atoms with Crippen LogP contribution in [0.15, 0.2) is 24.3 Å². The van der Waals surface area contributed by atoms with E-state index in [0.29, 0.717) is 13.1 Å². The lowest BCUT2D eigenvalue weighted by atomic mass is 10.2. The summed E-state index contributed by atoms with van der Waals surface area (Å²) in [5.41, 5.74) is 1.91. The van der Waals surface area contributed by atoms with Crippen LogP contribution in [0.25, 0.3) is 0 Å². The fourth-order valence-corrected chi connectivity index (χ4v) is 3.25. The van der Waals surface area contributed by atoms with E-state index in [0.717, 1.165) is 17.5 Å². The first kappa shape index (κ1) is 17.4. The van der Waals surface area contributed by atoms with Crippen molar-refractivity contribution in [1.82, 2.24) is 9.62 Å². The standard InChI is InChI=1S/C15H21N3O4S/c1-11-4-6-13(7-5-11)18-9-8-17(10-14(18)19)15(20)12(2)16-23(3,21)22/h4-7,12,16H,8-10H2,1-3H3/t12-/m0/s1. The average Bonchev–Trinajstić information content (AvgIpc) is 2.45. The number of amides is 2. The molecule has 2 amide bonds. The summed E-state index contributed by atoms with van der Waals surface area (Å²) in [6.07, 6.45) is 0.997. The fraction of sp³-hybridized carbons (Fsp3) is 0.467. The topological polar surface area (TPSA) is 86.8 Å². The van der Waals surface area contributed by atoms with Gasteiger partial charge in [0.25, 0.3) is 0 Å². The maximum absolute atomic E-state index is 12.3. The Hall–Kier alpha value is -1.93. The highest BCUT2D eigenvalue weighted by Crippen LogP contribution is 2.18. The zero-order valence-electron chi connectivity index (χ0n) is 13.4. The zero-order valence-corrected chi connectivity index (χ0v) is 14.3. The Labute approximate surface area is 136 Å². The van der Waals surface area contributed by atoms with Crippen LogP contribution in [0, 0.1) is 6.92 Å². The van der Waals surface area contributed by atoms with Crippen LogP contribution in [0.3, 0.4) is 0 Å². The van der Waals surface area contributed by atoms with Gasteiger partial charge in [0.2, 0.25) is 21.8 Å². The molecule has 0 bridgehead atoms. The van der Waals surface area contributed by atoms with Gasteiger partial charge in [0, 0.05) is 18.8 Å². The predicted molar refractivity (Wildman–Crippen MR) is 87.6 cm³/mol. The predicted octanol–water partition coefficient (Wildman–Crippen LogP) is 0.108. The van der Waals surface area contributed by atoms with Crippen molar-refractivity contribution in [2.24, 2.45) is 0 Å². The van der Waals surface area contributed by atoms with Gasteiger partial charge in [-0.2, -0.15) is 0 Å². The lowest BCUT2D eigenvalue weighted by Crippen LogP contribution is -2.56. The number of piperazine rings is 1. The maximum atomic E-state index is 12.3. The number of nitrogens with one attached hydrogen (secondary N) is 1. The van der Waals surface area contributed by atoms with E-state index in [2.05, 4.69) is 4.72 Å². The molecule has 0 spiro atoms. The molecule has 1 heterocycles. The molecule has 126 valence electrons. The van der Waals surface area contributed by atoms with E-state index >= 15 is 0 Å². The number of carbonyl (C=O) groups excluding carboxylic acids is 2. The van der Waals surface area contributed by atoms with Gasteiger partial charge in [0.15, 0.2) is 0 Å². The Morgan fingerprint density at radius 1 is 1.22 bits per heavy atom. The van der Waals surface area contributed by atoms with Crippen molar-refractivity contribution in [3.63, 3.8) is 0 Å². The summed E-state index contributed by atoms with van der Waals surface area (Å²) < 4.78 is 24.6. The van der Waals surface area contributed by atoms with Crippen molar-refractivity contribution < 1.29 is 18.0 Å². The Balaban J connectivity index is 2.02. The zero-order chi connectivity index (χ0) is 17.2. The van der Waals surface area contributed by atoms with Gasteiger partial charge >= 0.3 is 0 Å². The van der Waals surface area contributed by atoms with E-state index in [4.69, 9.17) is 0 Å². The second kappa shape index (κ2) is 6.67. The molecule has 0 aliphatic carbocycles. The molecule has 1 aromatic rings. The van der Waals surface area contributed by atoms with Crippen LogP contribution in [0.1, 0.15) is 12.5 Å². The van der Waals surface area contributed by atoms with Gasteiger partial charge in [0.05, 0.1) is 12.3 Å². The molecule has 2 rings (SSSR count). The second-order valence-corrected chi connectivity index (χ2v) is 7.53. The molecule has 1 atom stereocenters. The first-order chi connectivity index (χ1) is 10.7. The second-order valence-electron chi connectivity index (χ2n) is 5.75. The Kier molecular flexibility index (Phi) is 5.06. The van der Waals surface area contributed by atoms with Gasteiger partial charge < -0.3 is 9.80 Å². The molecule has 1 saturated heterocycles. The van der Waals surface area contributed by atoms with E-state index in [9.17, 15) is 18.0 Å². The molecule has 1 N–H and O–H groups in total. The number of aryl methyl sites for hydroxylation is 1. The highest BCUT2D eigenvalue weighted by Gasteiger charge is 2.31. The molecular weight excluding hydrogens is 318 g/mol. The van der Waals surface area contributed by atoms with Crippen molar-refractivity contribution >= 4 is 27.5 Å². The average molecular weight is 339 g/mol. The summed E-state index contributed by atoms with van der Waals surface area (Å²) in [7, 11) is -3.47.